The number of hydrogen-bond donors (Lipinski definition) is 1. The molecule has 102 valence electrons. The quantitative estimate of drug-likeness (QED) is 0.767. The van der Waals surface area contributed by atoms with E-state index in [4.69, 9.17) is 4.74 Å². The Morgan fingerprint density at radius 1 is 1.11 bits per heavy atom. The van der Waals surface area contributed by atoms with Crippen molar-refractivity contribution >= 4 is 5.91 Å². The van der Waals surface area contributed by atoms with E-state index in [-0.39, 0.29) is 11.3 Å². The summed E-state index contributed by atoms with van der Waals surface area (Å²) < 4.78 is 5.59. The Kier molecular flexibility index (Phi) is 3.10. The van der Waals surface area contributed by atoms with Gasteiger partial charge >= 0.3 is 0 Å². The molecule has 4 nitrogen and oxygen atoms in total. The molecule has 1 saturated carbocycles. The molecule has 0 aromatic heterocycles. The van der Waals surface area contributed by atoms with Gasteiger partial charge in [0.25, 0.3) is 5.91 Å². The molecule has 1 atom stereocenters. The summed E-state index contributed by atoms with van der Waals surface area (Å²) in [5, 5.41) is 10.4. The highest BCUT2D eigenvalue weighted by Gasteiger charge is 2.47. The molecule has 3 fully saturated rings. The fourth-order valence-electron chi connectivity index (χ4n) is 3.81. The highest BCUT2D eigenvalue weighted by atomic mass is 16.5. The number of hydrogen-bond acceptors (Lipinski definition) is 3. The number of rotatable bonds is 1. The SMILES string of the molecule is O=C(N1CCC2(CCCOC2)C1)C1(O)CCCC1. The smallest absolute Gasteiger partial charge is 0.254 e. The Balaban J connectivity index is 1.66. The summed E-state index contributed by atoms with van der Waals surface area (Å²) in [4.78, 5) is 14.3. The normalized spacial score (nSPS) is 35.3. The molecule has 1 spiro atoms. The van der Waals surface area contributed by atoms with E-state index in [9.17, 15) is 9.90 Å². The van der Waals surface area contributed by atoms with Gasteiger partial charge in [-0.3, -0.25) is 4.79 Å². The van der Waals surface area contributed by atoms with E-state index in [1.807, 2.05) is 4.90 Å². The maximum Gasteiger partial charge on any atom is 0.254 e. The van der Waals surface area contributed by atoms with Crippen molar-refractivity contribution in [2.45, 2.75) is 50.5 Å². The molecule has 2 saturated heterocycles. The van der Waals surface area contributed by atoms with E-state index >= 15 is 0 Å². The first kappa shape index (κ1) is 12.4. The predicted molar refractivity (Wildman–Crippen MR) is 67.1 cm³/mol. The van der Waals surface area contributed by atoms with Crippen LogP contribution < -0.4 is 0 Å². The van der Waals surface area contributed by atoms with Crippen LogP contribution in [0.4, 0.5) is 0 Å². The molecule has 4 heteroatoms. The van der Waals surface area contributed by atoms with Gasteiger partial charge in [0, 0.05) is 25.1 Å². The largest absolute Gasteiger partial charge is 0.381 e. The molecule has 1 N–H and O–H groups in total. The van der Waals surface area contributed by atoms with Crippen LogP contribution in [-0.4, -0.2) is 47.8 Å². The summed E-state index contributed by atoms with van der Waals surface area (Å²) in [6, 6.07) is 0. The number of nitrogens with zero attached hydrogens (tertiary/aromatic N) is 1. The van der Waals surface area contributed by atoms with E-state index in [0.29, 0.717) is 12.8 Å². The van der Waals surface area contributed by atoms with Gasteiger partial charge in [0.15, 0.2) is 0 Å². The van der Waals surface area contributed by atoms with Gasteiger partial charge in [-0.15, -0.1) is 0 Å². The van der Waals surface area contributed by atoms with Gasteiger partial charge in [0.1, 0.15) is 5.60 Å². The van der Waals surface area contributed by atoms with Gasteiger partial charge in [-0.05, 0) is 44.9 Å². The molecule has 0 bridgehead atoms. The van der Waals surface area contributed by atoms with Crippen molar-refractivity contribution in [2.75, 3.05) is 26.3 Å². The van der Waals surface area contributed by atoms with Crippen LogP contribution in [0.5, 0.6) is 0 Å². The Morgan fingerprint density at radius 3 is 2.56 bits per heavy atom. The fraction of sp³-hybridized carbons (Fsp3) is 0.929. The van der Waals surface area contributed by atoms with Gasteiger partial charge in [0.05, 0.1) is 6.61 Å². The number of aliphatic hydroxyl groups is 1. The van der Waals surface area contributed by atoms with Crippen molar-refractivity contribution in [1.82, 2.24) is 4.90 Å². The fourth-order valence-corrected chi connectivity index (χ4v) is 3.81. The zero-order chi connectivity index (χ0) is 12.6. The minimum absolute atomic E-state index is 0.0255. The summed E-state index contributed by atoms with van der Waals surface area (Å²) in [5.41, 5.74) is -0.871. The zero-order valence-electron chi connectivity index (χ0n) is 11.0. The maximum absolute atomic E-state index is 12.4. The predicted octanol–water partition coefficient (Wildman–Crippen LogP) is 1.32. The molecule has 1 aliphatic carbocycles. The molecule has 0 radical (unpaired) electrons. The molecule has 18 heavy (non-hydrogen) atoms. The van der Waals surface area contributed by atoms with Gasteiger partial charge in [-0.25, -0.2) is 0 Å². The lowest BCUT2D eigenvalue weighted by Gasteiger charge is -2.34. The maximum atomic E-state index is 12.4. The van der Waals surface area contributed by atoms with Crippen LogP contribution in [0.1, 0.15) is 44.9 Å². The van der Waals surface area contributed by atoms with Gasteiger partial charge < -0.3 is 14.7 Å². The Labute approximate surface area is 108 Å². The van der Waals surface area contributed by atoms with Gasteiger partial charge in [-0.1, -0.05) is 0 Å². The van der Waals surface area contributed by atoms with E-state index < -0.39 is 5.60 Å². The molecule has 0 aromatic rings. The number of ether oxygens (including phenoxy) is 1. The summed E-state index contributed by atoms with van der Waals surface area (Å²) in [5.74, 6) is -0.0255. The molecule has 3 aliphatic rings. The Hall–Kier alpha value is -0.610. The van der Waals surface area contributed by atoms with E-state index in [0.717, 1.165) is 58.4 Å². The number of likely N-dealkylation sites (tertiary alicyclic amines) is 1. The molecule has 1 amide bonds. The highest BCUT2D eigenvalue weighted by molar-refractivity contribution is 5.85. The first-order valence-electron chi connectivity index (χ1n) is 7.23. The van der Waals surface area contributed by atoms with Gasteiger partial charge in [0.2, 0.25) is 0 Å². The topological polar surface area (TPSA) is 49.8 Å². The van der Waals surface area contributed by atoms with Gasteiger partial charge in [-0.2, -0.15) is 0 Å². The van der Waals surface area contributed by atoms with Crippen molar-refractivity contribution in [3.05, 3.63) is 0 Å². The van der Waals surface area contributed by atoms with Crippen LogP contribution >= 0.6 is 0 Å². The molecule has 2 heterocycles. The van der Waals surface area contributed by atoms with Crippen LogP contribution in [0.25, 0.3) is 0 Å². The molecule has 3 rings (SSSR count). The van der Waals surface area contributed by atoms with Crippen LogP contribution in [0.2, 0.25) is 0 Å². The monoisotopic (exact) mass is 253 g/mol. The van der Waals surface area contributed by atoms with Crippen molar-refractivity contribution in [3.8, 4) is 0 Å². The lowest BCUT2D eigenvalue weighted by atomic mass is 9.82. The summed E-state index contributed by atoms with van der Waals surface area (Å²) in [6.07, 6.45) is 6.54. The Bertz CT molecular complexity index is 330. The third-order valence-corrected chi connectivity index (χ3v) is 4.96. The summed E-state index contributed by atoms with van der Waals surface area (Å²) >= 11 is 0. The number of carbonyl (C=O) groups excluding carboxylic acids is 1. The van der Waals surface area contributed by atoms with Crippen molar-refractivity contribution in [1.29, 1.82) is 0 Å². The number of amides is 1. The summed E-state index contributed by atoms with van der Waals surface area (Å²) in [7, 11) is 0. The second-order valence-electron chi connectivity index (χ2n) is 6.37. The molecule has 1 unspecified atom stereocenters. The van der Waals surface area contributed by atoms with Crippen molar-refractivity contribution in [2.24, 2.45) is 5.41 Å². The van der Waals surface area contributed by atoms with E-state index in [2.05, 4.69) is 0 Å². The standard InChI is InChI=1S/C14H23NO3/c16-12(14(17)5-1-2-6-14)15-8-7-13(10-15)4-3-9-18-11-13/h17H,1-11H2. The minimum atomic E-state index is -1.05. The lowest BCUT2D eigenvalue weighted by molar-refractivity contribution is -0.150. The third kappa shape index (κ3) is 2.05. The van der Waals surface area contributed by atoms with Crippen molar-refractivity contribution < 1.29 is 14.6 Å². The molecular weight excluding hydrogens is 230 g/mol. The highest BCUT2D eigenvalue weighted by Crippen LogP contribution is 2.40. The second-order valence-corrected chi connectivity index (χ2v) is 6.37. The molecular formula is C14H23NO3. The van der Waals surface area contributed by atoms with E-state index in [1.165, 1.54) is 0 Å². The average molecular weight is 253 g/mol. The molecule has 2 aliphatic heterocycles. The first-order chi connectivity index (χ1) is 8.64. The summed E-state index contributed by atoms with van der Waals surface area (Å²) in [6.45, 7) is 3.23. The second kappa shape index (κ2) is 4.49. The average Bonchev–Trinajstić information content (AvgIpc) is 2.98. The third-order valence-electron chi connectivity index (χ3n) is 4.96. The van der Waals surface area contributed by atoms with Crippen LogP contribution in [0.15, 0.2) is 0 Å². The minimum Gasteiger partial charge on any atom is -0.381 e. The lowest BCUT2D eigenvalue weighted by Crippen LogP contribution is -2.47. The Morgan fingerprint density at radius 2 is 1.89 bits per heavy atom. The first-order valence-corrected chi connectivity index (χ1v) is 7.23. The zero-order valence-corrected chi connectivity index (χ0v) is 11.0. The number of carbonyl (C=O) groups is 1. The van der Waals surface area contributed by atoms with Crippen LogP contribution in [-0.2, 0) is 9.53 Å². The van der Waals surface area contributed by atoms with Crippen molar-refractivity contribution in [3.63, 3.8) is 0 Å². The van der Waals surface area contributed by atoms with E-state index in [1.54, 1.807) is 0 Å². The van der Waals surface area contributed by atoms with Crippen LogP contribution in [0.3, 0.4) is 0 Å². The molecule has 0 aromatic carbocycles. The van der Waals surface area contributed by atoms with Crippen LogP contribution in [0, 0.1) is 5.41 Å².